The van der Waals surface area contributed by atoms with Crippen molar-refractivity contribution in [2.45, 2.75) is 20.3 Å². The van der Waals surface area contributed by atoms with Gasteiger partial charge < -0.3 is 15.4 Å². The molecule has 0 atom stereocenters. The minimum atomic E-state index is -0.0458. The molecule has 0 aliphatic rings. The van der Waals surface area contributed by atoms with Crippen LogP contribution < -0.4 is 15.4 Å². The highest BCUT2D eigenvalue weighted by molar-refractivity contribution is 5.92. The van der Waals surface area contributed by atoms with E-state index in [0.717, 1.165) is 39.6 Å². The molecule has 7 heteroatoms. The summed E-state index contributed by atoms with van der Waals surface area (Å²) in [4.78, 5) is 21.4. The number of aromatic nitrogens is 3. The van der Waals surface area contributed by atoms with Gasteiger partial charge in [0.05, 0.1) is 13.3 Å². The summed E-state index contributed by atoms with van der Waals surface area (Å²) in [6.07, 6.45) is 5.58. The zero-order valence-electron chi connectivity index (χ0n) is 17.8. The Hall–Kier alpha value is -3.87. The summed E-state index contributed by atoms with van der Waals surface area (Å²) in [6.45, 7) is 4.50. The molecule has 0 spiro atoms. The number of carbonyl (C=O) groups is 1. The van der Waals surface area contributed by atoms with Crippen LogP contribution in [0.3, 0.4) is 0 Å². The molecule has 4 rings (SSSR count). The first kappa shape index (κ1) is 20.4. The molecule has 0 radical (unpaired) electrons. The van der Waals surface area contributed by atoms with E-state index >= 15 is 0 Å². The molecule has 0 unspecified atom stereocenters. The average molecular weight is 415 g/mol. The standard InChI is InChI=1S/C24H25N5O2/c1-16-7-6-9-19(17(16)2)27-22(30)11-12-26-24-23(18-8-4-5-10-20(18)31-3)28-21-15-25-13-14-29(21)24/h4-10,13-15,26H,11-12H2,1-3H3,(H,27,30). The molecule has 31 heavy (non-hydrogen) atoms. The van der Waals surface area contributed by atoms with E-state index in [2.05, 4.69) is 15.6 Å². The monoisotopic (exact) mass is 415 g/mol. The van der Waals surface area contributed by atoms with Crippen LogP contribution in [0.4, 0.5) is 11.5 Å². The van der Waals surface area contributed by atoms with Gasteiger partial charge in [-0.25, -0.2) is 4.98 Å². The number of anilines is 2. The van der Waals surface area contributed by atoms with E-state index in [1.165, 1.54) is 0 Å². The molecule has 1 amide bonds. The molecule has 0 aliphatic heterocycles. The normalized spacial score (nSPS) is 10.8. The summed E-state index contributed by atoms with van der Waals surface area (Å²) in [7, 11) is 1.64. The number of hydrogen-bond acceptors (Lipinski definition) is 5. The lowest BCUT2D eigenvalue weighted by Gasteiger charge is -2.12. The predicted molar refractivity (Wildman–Crippen MR) is 123 cm³/mol. The Morgan fingerprint density at radius 1 is 1.13 bits per heavy atom. The number of benzene rings is 2. The highest BCUT2D eigenvalue weighted by Gasteiger charge is 2.17. The van der Waals surface area contributed by atoms with Crippen LogP contribution >= 0.6 is 0 Å². The third-order valence-corrected chi connectivity index (χ3v) is 5.32. The van der Waals surface area contributed by atoms with E-state index in [0.29, 0.717) is 18.6 Å². The minimum Gasteiger partial charge on any atom is -0.496 e. The molecule has 2 heterocycles. The Kier molecular flexibility index (Phi) is 5.84. The maximum Gasteiger partial charge on any atom is 0.226 e. The summed E-state index contributed by atoms with van der Waals surface area (Å²) >= 11 is 0. The molecule has 0 bridgehead atoms. The number of imidazole rings is 1. The van der Waals surface area contributed by atoms with E-state index in [1.807, 2.05) is 66.9 Å². The van der Waals surface area contributed by atoms with Gasteiger partial charge in [0.1, 0.15) is 17.3 Å². The van der Waals surface area contributed by atoms with E-state index in [-0.39, 0.29) is 5.91 Å². The fourth-order valence-electron chi connectivity index (χ4n) is 3.50. The van der Waals surface area contributed by atoms with Gasteiger partial charge in [-0.1, -0.05) is 24.3 Å². The Labute approximate surface area is 181 Å². The number of hydrogen-bond donors (Lipinski definition) is 2. The molecule has 7 nitrogen and oxygen atoms in total. The van der Waals surface area contributed by atoms with Crippen LogP contribution in [0.1, 0.15) is 17.5 Å². The first-order valence-electron chi connectivity index (χ1n) is 10.1. The second-order valence-corrected chi connectivity index (χ2v) is 7.29. The third kappa shape index (κ3) is 4.21. The van der Waals surface area contributed by atoms with E-state index in [9.17, 15) is 4.79 Å². The van der Waals surface area contributed by atoms with Crippen molar-refractivity contribution < 1.29 is 9.53 Å². The zero-order chi connectivity index (χ0) is 21.8. The van der Waals surface area contributed by atoms with Crippen LogP contribution in [0.25, 0.3) is 16.9 Å². The van der Waals surface area contributed by atoms with Gasteiger partial charge in [0, 0.05) is 36.6 Å². The first-order valence-corrected chi connectivity index (χ1v) is 10.1. The van der Waals surface area contributed by atoms with Gasteiger partial charge in [-0.05, 0) is 43.2 Å². The quantitative estimate of drug-likeness (QED) is 0.466. The number of nitrogens with one attached hydrogen (secondary N) is 2. The average Bonchev–Trinajstić information content (AvgIpc) is 3.15. The lowest BCUT2D eigenvalue weighted by molar-refractivity contribution is -0.115. The summed E-state index contributed by atoms with van der Waals surface area (Å²) in [5, 5.41) is 6.39. The Bertz CT molecular complexity index is 1230. The van der Waals surface area contributed by atoms with E-state index < -0.39 is 0 Å². The SMILES string of the molecule is COc1ccccc1-c1nc2cnccn2c1NCCC(=O)Nc1cccc(C)c1C. The van der Waals surface area contributed by atoms with Gasteiger partial charge in [-0.2, -0.15) is 0 Å². The van der Waals surface area contributed by atoms with Crippen molar-refractivity contribution >= 4 is 23.1 Å². The Morgan fingerprint density at radius 3 is 2.81 bits per heavy atom. The van der Waals surface area contributed by atoms with Crippen LogP contribution in [0.15, 0.2) is 61.1 Å². The van der Waals surface area contributed by atoms with E-state index in [4.69, 9.17) is 9.72 Å². The highest BCUT2D eigenvalue weighted by Crippen LogP contribution is 2.34. The van der Waals surface area contributed by atoms with Gasteiger partial charge in [0.15, 0.2) is 5.65 Å². The molecular formula is C24H25N5O2. The lowest BCUT2D eigenvalue weighted by atomic mass is 10.1. The number of amides is 1. The number of nitrogens with zero attached hydrogens (tertiary/aromatic N) is 3. The lowest BCUT2D eigenvalue weighted by Crippen LogP contribution is -2.17. The van der Waals surface area contributed by atoms with Crippen molar-refractivity contribution in [2.75, 3.05) is 24.3 Å². The topological polar surface area (TPSA) is 80.6 Å². The number of para-hydroxylation sites is 1. The summed E-state index contributed by atoms with van der Waals surface area (Å²) in [5.41, 5.74) is 5.41. The molecule has 0 saturated heterocycles. The summed E-state index contributed by atoms with van der Waals surface area (Å²) in [6, 6.07) is 13.6. The van der Waals surface area contributed by atoms with Crippen LogP contribution in [0.5, 0.6) is 5.75 Å². The molecule has 158 valence electrons. The van der Waals surface area contributed by atoms with Crippen molar-refractivity contribution in [1.82, 2.24) is 14.4 Å². The molecule has 2 aromatic heterocycles. The fraction of sp³-hybridized carbons (Fsp3) is 0.208. The van der Waals surface area contributed by atoms with Crippen LogP contribution in [-0.4, -0.2) is 33.9 Å². The Balaban J connectivity index is 1.54. The molecule has 2 aromatic carbocycles. The number of carbonyl (C=O) groups excluding carboxylic acids is 1. The predicted octanol–water partition coefficient (Wildman–Crippen LogP) is 4.46. The number of ether oxygens (including phenoxy) is 1. The van der Waals surface area contributed by atoms with Crippen molar-refractivity contribution in [2.24, 2.45) is 0 Å². The van der Waals surface area contributed by atoms with Crippen molar-refractivity contribution in [3.63, 3.8) is 0 Å². The number of rotatable bonds is 7. The summed E-state index contributed by atoms with van der Waals surface area (Å²) < 4.78 is 7.45. The third-order valence-electron chi connectivity index (χ3n) is 5.32. The van der Waals surface area contributed by atoms with Crippen LogP contribution in [0.2, 0.25) is 0 Å². The maximum atomic E-state index is 12.5. The van der Waals surface area contributed by atoms with Gasteiger partial charge in [0.25, 0.3) is 0 Å². The molecule has 0 fully saturated rings. The van der Waals surface area contributed by atoms with Crippen molar-refractivity contribution in [3.05, 3.63) is 72.2 Å². The molecular weight excluding hydrogens is 390 g/mol. The smallest absolute Gasteiger partial charge is 0.226 e. The second-order valence-electron chi connectivity index (χ2n) is 7.29. The minimum absolute atomic E-state index is 0.0458. The molecule has 0 saturated carbocycles. The first-order chi connectivity index (χ1) is 15.1. The highest BCUT2D eigenvalue weighted by atomic mass is 16.5. The van der Waals surface area contributed by atoms with Gasteiger partial charge in [0.2, 0.25) is 5.91 Å². The summed E-state index contributed by atoms with van der Waals surface area (Å²) in [5.74, 6) is 1.48. The van der Waals surface area contributed by atoms with Gasteiger partial charge in [-0.3, -0.25) is 14.2 Å². The van der Waals surface area contributed by atoms with Gasteiger partial charge in [-0.15, -0.1) is 0 Å². The van der Waals surface area contributed by atoms with Crippen LogP contribution in [0, 0.1) is 13.8 Å². The number of methoxy groups -OCH3 is 1. The fourth-order valence-corrected chi connectivity index (χ4v) is 3.50. The zero-order valence-corrected chi connectivity index (χ0v) is 17.8. The number of aryl methyl sites for hydroxylation is 1. The van der Waals surface area contributed by atoms with Crippen molar-refractivity contribution in [1.29, 1.82) is 0 Å². The van der Waals surface area contributed by atoms with Gasteiger partial charge >= 0.3 is 0 Å². The van der Waals surface area contributed by atoms with Crippen molar-refractivity contribution in [3.8, 4) is 17.0 Å². The molecule has 0 aliphatic carbocycles. The Morgan fingerprint density at radius 2 is 1.97 bits per heavy atom. The molecule has 2 N–H and O–H groups in total. The number of fused-ring (bicyclic) bond motifs is 1. The largest absolute Gasteiger partial charge is 0.496 e. The van der Waals surface area contributed by atoms with Crippen LogP contribution in [-0.2, 0) is 4.79 Å². The molecule has 4 aromatic rings. The maximum absolute atomic E-state index is 12.5. The van der Waals surface area contributed by atoms with E-state index in [1.54, 1.807) is 19.5 Å². The second kappa shape index (κ2) is 8.87.